The Morgan fingerprint density at radius 3 is 3.04 bits per heavy atom. The second-order valence-electron chi connectivity index (χ2n) is 6.13. The Morgan fingerprint density at radius 1 is 1.43 bits per heavy atom. The third kappa shape index (κ3) is 3.76. The van der Waals surface area contributed by atoms with Crippen molar-refractivity contribution in [1.29, 1.82) is 0 Å². The third-order valence-corrected chi connectivity index (χ3v) is 3.75. The summed E-state index contributed by atoms with van der Waals surface area (Å²) in [6.07, 6.45) is 2.60. The molecule has 0 amide bonds. The Bertz CT molecular complexity index is 713. The van der Waals surface area contributed by atoms with E-state index in [-0.39, 0.29) is 18.2 Å². The lowest BCUT2D eigenvalue weighted by atomic mass is 10.0. The van der Waals surface area contributed by atoms with Crippen molar-refractivity contribution in [3.63, 3.8) is 0 Å². The first-order valence-corrected chi connectivity index (χ1v) is 7.86. The van der Waals surface area contributed by atoms with Gasteiger partial charge in [-0.3, -0.25) is 14.3 Å². The van der Waals surface area contributed by atoms with E-state index < -0.39 is 0 Å². The molecule has 6 nitrogen and oxygen atoms in total. The van der Waals surface area contributed by atoms with Crippen molar-refractivity contribution < 1.29 is 9.47 Å². The summed E-state index contributed by atoms with van der Waals surface area (Å²) >= 11 is 0. The summed E-state index contributed by atoms with van der Waals surface area (Å²) in [5.74, 6) is 1.44. The lowest BCUT2D eigenvalue weighted by Crippen LogP contribution is -2.35. The average molecular weight is 315 g/mol. The molecule has 0 radical (unpaired) electrons. The molecule has 122 valence electrons. The highest BCUT2D eigenvalue weighted by atomic mass is 16.5. The first-order valence-electron chi connectivity index (χ1n) is 7.86. The minimum Gasteiger partial charge on any atom is -0.471 e. The summed E-state index contributed by atoms with van der Waals surface area (Å²) in [6.45, 7) is 5.45. The van der Waals surface area contributed by atoms with Gasteiger partial charge in [-0.05, 0) is 24.5 Å². The first kappa shape index (κ1) is 15.7. The minimum atomic E-state index is -0.0834. The Balaban J connectivity index is 1.80. The van der Waals surface area contributed by atoms with Gasteiger partial charge < -0.3 is 9.47 Å². The predicted molar refractivity (Wildman–Crippen MR) is 85.2 cm³/mol. The van der Waals surface area contributed by atoms with Gasteiger partial charge in [-0.2, -0.15) is 4.98 Å². The van der Waals surface area contributed by atoms with Crippen molar-refractivity contribution in [1.82, 2.24) is 14.5 Å². The van der Waals surface area contributed by atoms with Crippen LogP contribution in [0.2, 0.25) is 0 Å². The van der Waals surface area contributed by atoms with E-state index in [1.807, 2.05) is 18.2 Å². The number of hydrogen-bond donors (Lipinski definition) is 0. The molecular formula is C17H21N3O3. The number of rotatable bonds is 5. The van der Waals surface area contributed by atoms with Crippen LogP contribution in [0, 0.1) is 5.92 Å². The van der Waals surface area contributed by atoms with E-state index >= 15 is 0 Å². The summed E-state index contributed by atoms with van der Waals surface area (Å²) in [5.41, 5.74) is 0.709. The molecule has 2 aromatic heterocycles. The molecule has 2 aromatic rings. The van der Waals surface area contributed by atoms with Crippen LogP contribution in [0.4, 0.5) is 0 Å². The molecular weight excluding hydrogens is 294 g/mol. The fraction of sp³-hybridized carbons (Fsp3) is 0.471. The zero-order valence-electron chi connectivity index (χ0n) is 13.4. The van der Waals surface area contributed by atoms with Gasteiger partial charge in [0.25, 0.3) is 5.56 Å². The SMILES string of the molecule is CC(C)C[C@@H]1COCc2nc(OCc3ccccn3)cc(=O)n21. The molecule has 0 saturated carbocycles. The minimum absolute atomic E-state index is 0.0450. The lowest BCUT2D eigenvalue weighted by Gasteiger charge is -2.28. The number of fused-ring (bicyclic) bond motifs is 1. The van der Waals surface area contributed by atoms with Gasteiger partial charge in [0.2, 0.25) is 5.88 Å². The zero-order chi connectivity index (χ0) is 16.2. The molecule has 1 aliphatic heterocycles. The van der Waals surface area contributed by atoms with E-state index in [9.17, 15) is 4.79 Å². The highest BCUT2D eigenvalue weighted by molar-refractivity contribution is 5.13. The van der Waals surface area contributed by atoms with Gasteiger partial charge in [-0.1, -0.05) is 19.9 Å². The number of pyridine rings is 1. The van der Waals surface area contributed by atoms with Crippen LogP contribution in [0.3, 0.4) is 0 Å². The third-order valence-electron chi connectivity index (χ3n) is 3.75. The molecule has 1 aliphatic rings. The molecule has 3 rings (SSSR count). The van der Waals surface area contributed by atoms with Gasteiger partial charge in [0.1, 0.15) is 19.0 Å². The van der Waals surface area contributed by atoms with Gasteiger partial charge in [0, 0.05) is 6.20 Å². The fourth-order valence-corrected chi connectivity index (χ4v) is 2.79. The summed E-state index contributed by atoms with van der Waals surface area (Å²) in [4.78, 5) is 21.1. The Labute approximate surface area is 135 Å². The number of ether oxygens (including phenoxy) is 2. The highest BCUT2D eigenvalue weighted by Gasteiger charge is 2.24. The van der Waals surface area contributed by atoms with Crippen molar-refractivity contribution in [2.24, 2.45) is 5.92 Å². The van der Waals surface area contributed by atoms with Crippen LogP contribution in [0.15, 0.2) is 35.3 Å². The maximum Gasteiger partial charge on any atom is 0.257 e. The first-order chi connectivity index (χ1) is 11.1. The normalized spacial score (nSPS) is 17.1. The Kier molecular flexibility index (Phi) is 4.71. The van der Waals surface area contributed by atoms with Gasteiger partial charge >= 0.3 is 0 Å². The topological polar surface area (TPSA) is 66.2 Å². The van der Waals surface area contributed by atoms with Crippen molar-refractivity contribution in [3.8, 4) is 5.88 Å². The smallest absolute Gasteiger partial charge is 0.257 e. The molecule has 0 saturated heterocycles. The molecule has 1 atom stereocenters. The maximum absolute atomic E-state index is 12.5. The molecule has 6 heteroatoms. The molecule has 0 N–H and O–H groups in total. The molecule has 0 spiro atoms. The van der Waals surface area contributed by atoms with Crippen molar-refractivity contribution in [2.75, 3.05) is 6.61 Å². The Hall–Kier alpha value is -2.21. The predicted octanol–water partition coefficient (Wildman–Crippen LogP) is 2.33. The van der Waals surface area contributed by atoms with Crippen LogP contribution < -0.4 is 10.3 Å². The number of aromatic nitrogens is 3. The van der Waals surface area contributed by atoms with Crippen molar-refractivity contribution in [3.05, 3.63) is 52.3 Å². The van der Waals surface area contributed by atoms with Gasteiger partial charge in [0.15, 0.2) is 0 Å². The van der Waals surface area contributed by atoms with E-state index in [1.54, 1.807) is 10.8 Å². The molecule has 23 heavy (non-hydrogen) atoms. The second kappa shape index (κ2) is 6.91. The number of nitrogens with zero attached hydrogens (tertiary/aromatic N) is 3. The van der Waals surface area contributed by atoms with Crippen LogP contribution in [-0.2, 0) is 18.0 Å². The fourth-order valence-electron chi connectivity index (χ4n) is 2.79. The van der Waals surface area contributed by atoms with E-state index in [2.05, 4.69) is 23.8 Å². The standard InChI is InChI=1S/C17H21N3O3/c1-12(2)7-14-10-22-11-15-19-16(8-17(21)20(14)15)23-9-13-5-3-4-6-18-13/h3-6,8,12,14H,7,9-11H2,1-2H3/t14-/m1/s1. The van der Waals surface area contributed by atoms with Crippen LogP contribution in [-0.4, -0.2) is 21.1 Å². The van der Waals surface area contributed by atoms with Gasteiger partial charge in [-0.15, -0.1) is 0 Å². The van der Waals surface area contributed by atoms with Crippen LogP contribution >= 0.6 is 0 Å². The largest absolute Gasteiger partial charge is 0.471 e. The molecule has 0 aromatic carbocycles. The molecule has 0 bridgehead atoms. The van der Waals surface area contributed by atoms with E-state index in [0.717, 1.165) is 12.1 Å². The van der Waals surface area contributed by atoms with E-state index in [4.69, 9.17) is 9.47 Å². The summed E-state index contributed by atoms with van der Waals surface area (Å²) < 4.78 is 13.0. The van der Waals surface area contributed by atoms with Gasteiger partial charge in [0.05, 0.1) is 24.4 Å². The summed E-state index contributed by atoms with van der Waals surface area (Å²) in [6, 6.07) is 7.10. The summed E-state index contributed by atoms with van der Waals surface area (Å²) in [5, 5.41) is 0. The van der Waals surface area contributed by atoms with Crippen LogP contribution in [0.5, 0.6) is 5.88 Å². The van der Waals surface area contributed by atoms with Crippen LogP contribution in [0.1, 0.15) is 37.8 Å². The average Bonchev–Trinajstić information content (AvgIpc) is 2.53. The zero-order valence-corrected chi connectivity index (χ0v) is 13.4. The van der Waals surface area contributed by atoms with E-state index in [0.29, 0.717) is 30.8 Å². The van der Waals surface area contributed by atoms with Crippen molar-refractivity contribution in [2.45, 2.75) is 39.5 Å². The summed E-state index contributed by atoms with van der Waals surface area (Å²) in [7, 11) is 0. The molecule has 0 fully saturated rings. The maximum atomic E-state index is 12.5. The lowest BCUT2D eigenvalue weighted by molar-refractivity contribution is 0.0431. The molecule has 3 heterocycles. The quantitative estimate of drug-likeness (QED) is 0.847. The van der Waals surface area contributed by atoms with Gasteiger partial charge in [-0.25, -0.2) is 0 Å². The van der Waals surface area contributed by atoms with Crippen LogP contribution in [0.25, 0.3) is 0 Å². The van der Waals surface area contributed by atoms with Crippen molar-refractivity contribution >= 4 is 0 Å². The van der Waals surface area contributed by atoms with E-state index in [1.165, 1.54) is 6.07 Å². The molecule has 0 unspecified atom stereocenters. The second-order valence-corrected chi connectivity index (χ2v) is 6.13. The molecule has 0 aliphatic carbocycles. The highest BCUT2D eigenvalue weighted by Crippen LogP contribution is 2.23. The Morgan fingerprint density at radius 2 is 2.30 bits per heavy atom. The monoisotopic (exact) mass is 315 g/mol. The number of hydrogen-bond acceptors (Lipinski definition) is 5.